The normalized spacial score (nSPS) is 12.3. The van der Waals surface area contributed by atoms with Gasteiger partial charge in [0, 0.05) is 22.3 Å². The van der Waals surface area contributed by atoms with E-state index in [2.05, 4.69) is 133 Å². The van der Waals surface area contributed by atoms with Crippen LogP contribution in [0.1, 0.15) is 22.3 Å². The van der Waals surface area contributed by atoms with Gasteiger partial charge in [-0.3, -0.25) is 0 Å². The summed E-state index contributed by atoms with van der Waals surface area (Å²) in [7, 11) is 0. The van der Waals surface area contributed by atoms with E-state index in [-0.39, 0.29) is 0 Å². The van der Waals surface area contributed by atoms with Crippen LogP contribution in [0.5, 0.6) is 0 Å². The highest BCUT2D eigenvalue weighted by molar-refractivity contribution is 6.22. The number of aliphatic imine (C=N–C) groups is 2. The summed E-state index contributed by atoms with van der Waals surface area (Å²) in [5.41, 5.74) is 12.6. The fourth-order valence-electron chi connectivity index (χ4n) is 5.25. The molecule has 188 valence electrons. The van der Waals surface area contributed by atoms with Gasteiger partial charge >= 0.3 is 0 Å². The highest BCUT2D eigenvalue weighted by Gasteiger charge is 2.20. The molecule has 0 amide bonds. The number of fused-ring (bicyclic) bond motifs is 2. The minimum atomic E-state index is 0.907. The number of hydrogen-bond acceptors (Lipinski definition) is 2. The molecule has 0 aliphatic carbocycles. The molecule has 0 radical (unpaired) electrons. The van der Waals surface area contributed by atoms with Gasteiger partial charge in [-0.05, 0) is 34.4 Å². The Hall–Kier alpha value is -5.34. The van der Waals surface area contributed by atoms with Crippen molar-refractivity contribution < 1.29 is 0 Å². The third-order valence-corrected chi connectivity index (χ3v) is 7.31. The van der Waals surface area contributed by atoms with Crippen LogP contribution in [0.4, 0.5) is 11.4 Å². The molecule has 0 N–H and O–H groups in total. The van der Waals surface area contributed by atoms with E-state index < -0.39 is 0 Å². The van der Waals surface area contributed by atoms with Crippen LogP contribution < -0.4 is 0 Å². The molecule has 0 bridgehead atoms. The zero-order valence-electron chi connectivity index (χ0n) is 21.9. The molecule has 0 fully saturated rings. The second-order valence-electron chi connectivity index (χ2n) is 9.84. The molecule has 0 saturated carbocycles. The first-order valence-electron chi connectivity index (χ1n) is 13.5. The third-order valence-electron chi connectivity index (χ3n) is 7.31. The summed E-state index contributed by atoms with van der Waals surface area (Å²) in [6.07, 6.45) is 0. The minimum Gasteiger partial charge on any atom is -0.247 e. The third kappa shape index (κ3) is 4.57. The first-order chi connectivity index (χ1) is 19.8. The zero-order chi connectivity index (χ0) is 26.7. The van der Waals surface area contributed by atoms with E-state index in [0.717, 1.165) is 45.1 Å². The summed E-state index contributed by atoms with van der Waals surface area (Å²) in [6.45, 7) is 0. The predicted molar refractivity (Wildman–Crippen MR) is 167 cm³/mol. The number of benzene rings is 6. The SMILES string of the molecule is c1ccc(-c2ccc(C3=Nc4ccccc4C(c4ccc(-c5ccccc5)cc4)=Nc4ccccc43)cc2)cc1. The van der Waals surface area contributed by atoms with Gasteiger partial charge in [-0.1, -0.05) is 146 Å². The summed E-state index contributed by atoms with van der Waals surface area (Å²) in [4.78, 5) is 10.6. The van der Waals surface area contributed by atoms with E-state index in [0.29, 0.717) is 0 Å². The van der Waals surface area contributed by atoms with Crippen LogP contribution in [-0.4, -0.2) is 11.4 Å². The van der Waals surface area contributed by atoms with Crippen molar-refractivity contribution >= 4 is 22.8 Å². The van der Waals surface area contributed by atoms with E-state index in [9.17, 15) is 0 Å². The van der Waals surface area contributed by atoms with Gasteiger partial charge in [-0.15, -0.1) is 0 Å². The molecule has 6 aromatic rings. The molecule has 1 aliphatic heterocycles. The quantitative estimate of drug-likeness (QED) is 0.225. The van der Waals surface area contributed by atoms with Gasteiger partial charge in [-0.2, -0.15) is 0 Å². The van der Waals surface area contributed by atoms with E-state index >= 15 is 0 Å². The van der Waals surface area contributed by atoms with Gasteiger partial charge in [0.05, 0.1) is 22.8 Å². The summed E-state index contributed by atoms with van der Waals surface area (Å²) in [6, 6.07) is 54.8. The number of para-hydroxylation sites is 2. The molecule has 1 heterocycles. The molecule has 7 rings (SSSR count). The summed E-state index contributed by atoms with van der Waals surface area (Å²) < 4.78 is 0. The summed E-state index contributed by atoms with van der Waals surface area (Å²) >= 11 is 0. The lowest BCUT2D eigenvalue weighted by atomic mass is 9.94. The van der Waals surface area contributed by atoms with E-state index in [1.165, 1.54) is 22.3 Å². The van der Waals surface area contributed by atoms with Crippen molar-refractivity contribution in [1.82, 2.24) is 0 Å². The lowest BCUT2D eigenvalue weighted by molar-refractivity contribution is 1.39. The van der Waals surface area contributed by atoms with Crippen molar-refractivity contribution in [2.75, 3.05) is 0 Å². The minimum absolute atomic E-state index is 0.907. The molecule has 1 aliphatic rings. The van der Waals surface area contributed by atoms with Crippen LogP contribution in [-0.2, 0) is 0 Å². The monoisotopic (exact) mass is 510 g/mol. The molecule has 40 heavy (non-hydrogen) atoms. The van der Waals surface area contributed by atoms with Gasteiger partial charge < -0.3 is 0 Å². The average molecular weight is 511 g/mol. The molecule has 6 aromatic carbocycles. The fraction of sp³-hybridized carbons (Fsp3) is 0. The molecule has 0 spiro atoms. The van der Waals surface area contributed by atoms with Crippen molar-refractivity contribution in [2.24, 2.45) is 9.98 Å². The molecular formula is C38H26N2. The van der Waals surface area contributed by atoms with Crippen LogP contribution >= 0.6 is 0 Å². The van der Waals surface area contributed by atoms with Crippen LogP contribution in [0, 0.1) is 0 Å². The maximum atomic E-state index is 5.29. The topological polar surface area (TPSA) is 24.7 Å². The Kier molecular flexibility index (Phi) is 6.20. The van der Waals surface area contributed by atoms with E-state index in [1.54, 1.807) is 0 Å². The highest BCUT2D eigenvalue weighted by Crippen LogP contribution is 2.34. The van der Waals surface area contributed by atoms with Gasteiger partial charge in [0.1, 0.15) is 0 Å². The second kappa shape index (κ2) is 10.4. The number of nitrogens with zero attached hydrogens (tertiary/aromatic N) is 2. The van der Waals surface area contributed by atoms with Gasteiger partial charge in [0.15, 0.2) is 0 Å². The largest absolute Gasteiger partial charge is 0.247 e. The molecule has 0 atom stereocenters. The fourth-order valence-corrected chi connectivity index (χ4v) is 5.25. The summed E-state index contributed by atoms with van der Waals surface area (Å²) in [5.74, 6) is 0. The first-order valence-corrected chi connectivity index (χ1v) is 13.5. The molecule has 2 nitrogen and oxygen atoms in total. The number of rotatable bonds is 4. The predicted octanol–water partition coefficient (Wildman–Crippen LogP) is 9.67. The first kappa shape index (κ1) is 23.8. The number of hydrogen-bond donors (Lipinski definition) is 0. The smallest absolute Gasteiger partial charge is 0.0803 e. The lowest BCUT2D eigenvalue weighted by Crippen LogP contribution is -2.10. The van der Waals surface area contributed by atoms with Crippen LogP contribution in [0.25, 0.3) is 22.3 Å². The highest BCUT2D eigenvalue weighted by atomic mass is 14.8. The van der Waals surface area contributed by atoms with Gasteiger partial charge in [-0.25, -0.2) is 9.98 Å². The van der Waals surface area contributed by atoms with Crippen molar-refractivity contribution in [3.8, 4) is 22.3 Å². The Morgan fingerprint density at radius 3 is 0.950 bits per heavy atom. The Balaban J connectivity index is 1.34. The van der Waals surface area contributed by atoms with Crippen LogP contribution in [0.3, 0.4) is 0 Å². The lowest BCUT2D eigenvalue weighted by Gasteiger charge is -2.18. The maximum Gasteiger partial charge on any atom is 0.0803 e. The van der Waals surface area contributed by atoms with E-state index in [4.69, 9.17) is 9.98 Å². The Labute approximate surface area is 234 Å². The molecular weight excluding hydrogens is 484 g/mol. The zero-order valence-corrected chi connectivity index (χ0v) is 21.9. The standard InChI is InChI=1S/C38H26N2/c1-3-11-27(12-4-1)29-19-23-31(24-20-29)37-33-15-7-9-17-35(33)40-38(34-16-8-10-18-36(34)39-37)32-25-21-30(22-26-32)28-13-5-2-6-14-28/h1-26H. The van der Waals surface area contributed by atoms with Crippen molar-refractivity contribution in [3.05, 3.63) is 180 Å². The van der Waals surface area contributed by atoms with Crippen molar-refractivity contribution in [3.63, 3.8) is 0 Å². The van der Waals surface area contributed by atoms with Crippen molar-refractivity contribution in [2.45, 2.75) is 0 Å². The average Bonchev–Trinajstić information content (AvgIpc) is 3.03. The molecule has 0 aromatic heterocycles. The second-order valence-corrected chi connectivity index (χ2v) is 9.84. The van der Waals surface area contributed by atoms with Crippen molar-refractivity contribution in [1.29, 1.82) is 0 Å². The van der Waals surface area contributed by atoms with E-state index in [1.807, 2.05) is 24.3 Å². The Morgan fingerprint density at radius 2 is 0.550 bits per heavy atom. The molecule has 0 unspecified atom stereocenters. The molecule has 2 heteroatoms. The summed E-state index contributed by atoms with van der Waals surface area (Å²) in [5, 5.41) is 0. The van der Waals surface area contributed by atoms with Gasteiger partial charge in [0.2, 0.25) is 0 Å². The maximum absolute atomic E-state index is 5.29. The molecule has 0 saturated heterocycles. The van der Waals surface area contributed by atoms with Gasteiger partial charge in [0.25, 0.3) is 0 Å². The van der Waals surface area contributed by atoms with Crippen LogP contribution in [0.15, 0.2) is 168 Å². The Morgan fingerprint density at radius 1 is 0.250 bits per heavy atom. The Bertz CT molecular complexity index is 1710. The van der Waals surface area contributed by atoms with Crippen LogP contribution in [0.2, 0.25) is 0 Å².